The average molecular weight is 431 g/mol. The van der Waals surface area contributed by atoms with Crippen molar-refractivity contribution in [1.82, 2.24) is 14.8 Å². The van der Waals surface area contributed by atoms with Gasteiger partial charge < -0.3 is 14.0 Å². The van der Waals surface area contributed by atoms with Gasteiger partial charge in [-0.2, -0.15) is 5.10 Å². The van der Waals surface area contributed by atoms with Gasteiger partial charge in [-0.15, -0.1) is 0 Å². The maximum atomic E-state index is 6.29. The second kappa shape index (κ2) is 8.14. The zero-order valence-electron chi connectivity index (χ0n) is 19.2. The Hall–Kier alpha value is -2.48. The minimum absolute atomic E-state index is 0.0305. The van der Waals surface area contributed by atoms with Crippen molar-refractivity contribution >= 4 is 35.6 Å². The maximum Gasteiger partial charge on any atom is 0.494 e. The standard InChI is InChI=1S/C25H30BN3O3/c1-24(2)25(3,4)32-26(31-24)19-9-11-22-20(17-19)21(10-8-18-12-14-27-15-13-18)28-29(22)23-7-5-6-16-30-23/h8-15,17,23H,5-7,16H2,1-4H3/b10-8+. The predicted octanol–water partition coefficient (Wildman–Crippen LogP) is 4.60. The number of aromatic nitrogens is 3. The number of pyridine rings is 1. The van der Waals surface area contributed by atoms with Crippen LogP contribution < -0.4 is 5.46 Å². The summed E-state index contributed by atoms with van der Waals surface area (Å²) in [6.07, 6.45) is 10.9. The lowest BCUT2D eigenvalue weighted by molar-refractivity contribution is -0.0367. The Balaban J connectivity index is 1.56. The molecule has 0 bridgehead atoms. The summed E-state index contributed by atoms with van der Waals surface area (Å²) in [7, 11) is -0.407. The van der Waals surface area contributed by atoms with Gasteiger partial charge in [0.25, 0.3) is 0 Å². The number of nitrogens with zero attached hydrogens (tertiary/aromatic N) is 3. The SMILES string of the molecule is CC1(C)OB(c2ccc3c(c2)c(/C=C/c2ccncc2)nn3C2CCCCO2)OC1(C)C. The molecule has 0 N–H and O–H groups in total. The number of hydrogen-bond donors (Lipinski definition) is 0. The van der Waals surface area contributed by atoms with Gasteiger partial charge in [-0.3, -0.25) is 4.98 Å². The van der Waals surface area contributed by atoms with Crippen molar-refractivity contribution < 1.29 is 14.0 Å². The number of fused-ring (bicyclic) bond motifs is 1. The van der Waals surface area contributed by atoms with Crippen LogP contribution in [0.3, 0.4) is 0 Å². The van der Waals surface area contributed by atoms with Crippen LogP contribution in [0.5, 0.6) is 0 Å². The fourth-order valence-electron chi connectivity index (χ4n) is 4.22. The van der Waals surface area contributed by atoms with E-state index < -0.39 is 7.12 Å². The molecule has 7 heteroatoms. The Bertz CT molecular complexity index is 1120. The molecule has 2 aromatic heterocycles. The summed E-state index contributed by atoms with van der Waals surface area (Å²) < 4.78 is 20.7. The van der Waals surface area contributed by atoms with E-state index >= 15 is 0 Å². The predicted molar refractivity (Wildman–Crippen MR) is 127 cm³/mol. The van der Waals surface area contributed by atoms with E-state index in [1.807, 2.05) is 16.8 Å². The molecule has 2 saturated heterocycles. The smallest absolute Gasteiger partial charge is 0.399 e. The van der Waals surface area contributed by atoms with Gasteiger partial charge in [-0.1, -0.05) is 18.2 Å². The summed E-state index contributed by atoms with van der Waals surface area (Å²) in [5.41, 5.74) is 3.29. The molecule has 0 aliphatic carbocycles. The molecule has 2 fully saturated rings. The highest BCUT2D eigenvalue weighted by Crippen LogP contribution is 2.37. The zero-order chi connectivity index (χ0) is 22.3. The number of ether oxygens (including phenoxy) is 1. The maximum absolute atomic E-state index is 6.29. The van der Waals surface area contributed by atoms with Crippen LogP contribution in [0.4, 0.5) is 0 Å². The topological polar surface area (TPSA) is 58.4 Å². The van der Waals surface area contributed by atoms with Crippen molar-refractivity contribution in [3.8, 4) is 0 Å². The first-order chi connectivity index (χ1) is 15.3. The Morgan fingerprint density at radius 1 is 1.00 bits per heavy atom. The lowest BCUT2D eigenvalue weighted by Gasteiger charge is -2.32. The fraction of sp³-hybridized carbons (Fsp3) is 0.440. The first kappa shape index (κ1) is 21.4. The fourth-order valence-corrected chi connectivity index (χ4v) is 4.22. The van der Waals surface area contributed by atoms with Crippen molar-refractivity contribution in [2.45, 2.75) is 64.4 Å². The van der Waals surface area contributed by atoms with E-state index in [1.54, 1.807) is 12.4 Å². The highest BCUT2D eigenvalue weighted by molar-refractivity contribution is 6.62. The molecule has 1 aromatic carbocycles. The summed E-state index contributed by atoms with van der Waals surface area (Å²) in [4.78, 5) is 4.10. The van der Waals surface area contributed by atoms with Crippen molar-refractivity contribution in [1.29, 1.82) is 0 Å². The third kappa shape index (κ3) is 3.89. The van der Waals surface area contributed by atoms with Crippen molar-refractivity contribution in [3.63, 3.8) is 0 Å². The van der Waals surface area contributed by atoms with Crippen LogP contribution in [-0.2, 0) is 14.0 Å². The number of benzene rings is 1. The Morgan fingerprint density at radius 2 is 1.75 bits per heavy atom. The molecule has 32 heavy (non-hydrogen) atoms. The third-order valence-corrected chi connectivity index (χ3v) is 6.85. The molecule has 4 heterocycles. The zero-order valence-corrected chi connectivity index (χ0v) is 19.2. The first-order valence-electron chi connectivity index (χ1n) is 11.4. The van der Waals surface area contributed by atoms with E-state index in [0.29, 0.717) is 0 Å². The van der Waals surface area contributed by atoms with Gasteiger partial charge in [-0.25, -0.2) is 4.68 Å². The summed E-state index contributed by atoms with van der Waals surface area (Å²) in [5, 5.41) is 6.03. The molecule has 0 saturated carbocycles. The van der Waals surface area contributed by atoms with Gasteiger partial charge in [0, 0.05) is 24.4 Å². The molecular formula is C25H30BN3O3. The van der Waals surface area contributed by atoms with Crippen LogP contribution in [0.2, 0.25) is 0 Å². The Morgan fingerprint density at radius 3 is 2.44 bits per heavy atom. The van der Waals surface area contributed by atoms with Crippen molar-refractivity contribution in [3.05, 3.63) is 54.0 Å². The lowest BCUT2D eigenvalue weighted by Crippen LogP contribution is -2.41. The van der Waals surface area contributed by atoms with Crippen LogP contribution in [0.1, 0.15) is 64.4 Å². The second-order valence-corrected chi connectivity index (χ2v) is 9.63. The van der Waals surface area contributed by atoms with Crippen LogP contribution in [0.15, 0.2) is 42.7 Å². The second-order valence-electron chi connectivity index (χ2n) is 9.63. The number of hydrogen-bond acceptors (Lipinski definition) is 5. The number of rotatable bonds is 4. The molecule has 0 spiro atoms. The molecule has 2 aliphatic rings. The summed E-state index contributed by atoms with van der Waals surface area (Å²) >= 11 is 0. The first-order valence-corrected chi connectivity index (χ1v) is 11.4. The Labute approximate surface area is 189 Å². The van der Waals surface area contributed by atoms with Gasteiger partial charge in [0.2, 0.25) is 0 Å². The molecule has 0 radical (unpaired) electrons. The molecule has 6 nitrogen and oxygen atoms in total. The average Bonchev–Trinajstić information content (AvgIpc) is 3.26. The third-order valence-electron chi connectivity index (χ3n) is 6.85. The summed E-state index contributed by atoms with van der Waals surface area (Å²) in [6, 6.07) is 10.3. The molecule has 166 valence electrons. The normalized spacial score (nSPS) is 22.8. The van der Waals surface area contributed by atoms with Crippen molar-refractivity contribution in [2.24, 2.45) is 0 Å². The van der Waals surface area contributed by atoms with E-state index in [-0.39, 0.29) is 17.4 Å². The van der Waals surface area contributed by atoms with Gasteiger partial charge in [-0.05, 0) is 82.3 Å². The molecule has 3 aromatic rings. The highest BCUT2D eigenvalue weighted by atomic mass is 16.7. The largest absolute Gasteiger partial charge is 0.494 e. The highest BCUT2D eigenvalue weighted by Gasteiger charge is 2.51. The minimum Gasteiger partial charge on any atom is -0.399 e. The molecular weight excluding hydrogens is 401 g/mol. The van der Waals surface area contributed by atoms with E-state index in [9.17, 15) is 0 Å². The van der Waals surface area contributed by atoms with Gasteiger partial charge in [0.05, 0.1) is 22.4 Å². The van der Waals surface area contributed by atoms with E-state index in [4.69, 9.17) is 19.1 Å². The van der Waals surface area contributed by atoms with Crippen LogP contribution >= 0.6 is 0 Å². The van der Waals surface area contributed by atoms with Crippen LogP contribution in [0.25, 0.3) is 23.1 Å². The van der Waals surface area contributed by atoms with E-state index in [0.717, 1.165) is 53.5 Å². The van der Waals surface area contributed by atoms with Crippen LogP contribution in [-0.4, -0.2) is 39.7 Å². The van der Waals surface area contributed by atoms with E-state index in [1.165, 1.54) is 0 Å². The van der Waals surface area contributed by atoms with Gasteiger partial charge in [0.1, 0.15) is 0 Å². The van der Waals surface area contributed by atoms with Gasteiger partial charge in [0.15, 0.2) is 6.23 Å². The lowest BCUT2D eigenvalue weighted by atomic mass is 9.78. The van der Waals surface area contributed by atoms with E-state index in [2.05, 4.69) is 63.0 Å². The molecule has 1 atom stereocenters. The molecule has 0 amide bonds. The Kier molecular flexibility index (Phi) is 5.44. The monoisotopic (exact) mass is 431 g/mol. The minimum atomic E-state index is -0.407. The molecule has 2 aliphatic heterocycles. The van der Waals surface area contributed by atoms with Crippen LogP contribution in [0, 0.1) is 0 Å². The van der Waals surface area contributed by atoms with Crippen molar-refractivity contribution in [2.75, 3.05) is 6.61 Å². The molecule has 5 rings (SSSR count). The summed E-state index contributed by atoms with van der Waals surface area (Å²) in [6.45, 7) is 9.08. The molecule has 1 unspecified atom stereocenters. The quantitative estimate of drug-likeness (QED) is 0.565. The summed E-state index contributed by atoms with van der Waals surface area (Å²) in [5.74, 6) is 0. The van der Waals surface area contributed by atoms with Gasteiger partial charge >= 0.3 is 7.12 Å².